The zero-order valence-corrected chi connectivity index (χ0v) is 6.69. The average molecular weight is 153 g/mol. The summed E-state index contributed by atoms with van der Waals surface area (Å²) in [5, 5.41) is 6.90. The van der Waals surface area contributed by atoms with Crippen molar-refractivity contribution in [3.63, 3.8) is 0 Å². The highest BCUT2D eigenvalue weighted by Gasteiger charge is 2.01. The Balaban J connectivity index is 2.57. The second-order valence-corrected chi connectivity index (χ2v) is 2.69. The normalized spacial score (nSPS) is 12.9. The quantitative estimate of drug-likeness (QED) is 0.615. The molecule has 0 saturated carbocycles. The van der Waals surface area contributed by atoms with Gasteiger partial charge in [-0.15, -0.1) is 0 Å². The number of hydrogen-bond donors (Lipinski definition) is 0. The highest BCUT2D eigenvalue weighted by molar-refractivity contribution is 4.99. The van der Waals surface area contributed by atoms with Crippen LogP contribution in [0.2, 0.25) is 0 Å². The van der Waals surface area contributed by atoms with E-state index in [-0.39, 0.29) is 6.04 Å². The second kappa shape index (κ2) is 3.27. The predicted molar refractivity (Wildman–Crippen MR) is 42.2 cm³/mol. The molecule has 0 radical (unpaired) electrons. The summed E-state index contributed by atoms with van der Waals surface area (Å²) in [7, 11) is 0. The third-order valence-electron chi connectivity index (χ3n) is 1.39. The first kappa shape index (κ1) is 7.91. The van der Waals surface area contributed by atoms with Crippen LogP contribution in [-0.4, -0.2) is 15.8 Å². The molecule has 0 amide bonds. The van der Waals surface area contributed by atoms with E-state index in [1.54, 1.807) is 17.8 Å². The Morgan fingerprint density at radius 2 is 2.55 bits per heavy atom. The molecule has 0 aliphatic heterocycles. The molecule has 1 aromatic rings. The van der Waals surface area contributed by atoms with Gasteiger partial charge in [-0.2, -0.15) is 10.0 Å². The lowest BCUT2D eigenvalue weighted by atomic mass is 10.3. The van der Waals surface area contributed by atoms with Gasteiger partial charge in [-0.1, -0.05) is 5.18 Å². The Kier molecular flexibility index (Phi) is 2.36. The Bertz CT molecular complexity index is 244. The first-order valence-corrected chi connectivity index (χ1v) is 3.54. The van der Waals surface area contributed by atoms with Crippen LogP contribution < -0.4 is 0 Å². The molecule has 4 heteroatoms. The maximum Gasteiger partial charge on any atom is 0.109 e. The van der Waals surface area contributed by atoms with Crippen LogP contribution in [0.15, 0.2) is 17.6 Å². The molecule has 1 heterocycles. The van der Waals surface area contributed by atoms with Crippen molar-refractivity contribution < 1.29 is 0 Å². The summed E-state index contributed by atoms with van der Waals surface area (Å²) in [5.74, 6) is 0. The number of nitroso groups, excluding NO2 is 1. The zero-order chi connectivity index (χ0) is 8.27. The summed E-state index contributed by atoms with van der Waals surface area (Å²) in [6, 6.07) is -0.200. The molecule has 1 unspecified atom stereocenters. The number of nitrogens with zero attached hydrogens (tertiary/aromatic N) is 3. The van der Waals surface area contributed by atoms with E-state index in [9.17, 15) is 4.91 Å². The molecule has 1 rings (SSSR count). The molecule has 0 aliphatic rings. The van der Waals surface area contributed by atoms with E-state index < -0.39 is 0 Å². The lowest BCUT2D eigenvalue weighted by Gasteiger charge is -2.00. The number of rotatable bonds is 3. The van der Waals surface area contributed by atoms with Gasteiger partial charge in [-0.25, -0.2) is 0 Å². The van der Waals surface area contributed by atoms with E-state index >= 15 is 0 Å². The smallest absolute Gasteiger partial charge is 0.109 e. The summed E-state index contributed by atoms with van der Waals surface area (Å²) in [4.78, 5) is 10.0. The van der Waals surface area contributed by atoms with Gasteiger partial charge in [-0.05, 0) is 19.4 Å². The largest absolute Gasteiger partial charge is 0.270 e. The Hall–Kier alpha value is -1.19. The minimum absolute atomic E-state index is 0.200. The lowest BCUT2D eigenvalue weighted by molar-refractivity contribution is 0.537. The fourth-order valence-electron chi connectivity index (χ4n) is 0.871. The first-order chi connectivity index (χ1) is 5.22. The van der Waals surface area contributed by atoms with Gasteiger partial charge in [0.2, 0.25) is 0 Å². The second-order valence-electron chi connectivity index (χ2n) is 2.69. The molecule has 1 atom stereocenters. The third kappa shape index (κ3) is 2.14. The van der Waals surface area contributed by atoms with Crippen LogP contribution in [0.1, 0.15) is 12.5 Å². The molecule has 0 fully saturated rings. The van der Waals surface area contributed by atoms with Crippen molar-refractivity contribution in [3.8, 4) is 0 Å². The maximum absolute atomic E-state index is 10.0. The van der Waals surface area contributed by atoms with E-state index in [4.69, 9.17) is 0 Å². The minimum Gasteiger partial charge on any atom is -0.270 e. The SMILES string of the molecule is Cc1cnn(CC(C)N=O)c1. The molecule has 0 N–H and O–H groups in total. The minimum atomic E-state index is -0.200. The molecule has 60 valence electrons. The van der Waals surface area contributed by atoms with E-state index in [0.29, 0.717) is 6.54 Å². The molecular weight excluding hydrogens is 142 g/mol. The monoisotopic (exact) mass is 153 g/mol. The predicted octanol–water partition coefficient (Wildman–Crippen LogP) is 1.35. The summed E-state index contributed by atoms with van der Waals surface area (Å²) in [5.41, 5.74) is 1.10. The van der Waals surface area contributed by atoms with Crippen LogP contribution in [0.5, 0.6) is 0 Å². The van der Waals surface area contributed by atoms with Gasteiger partial charge < -0.3 is 0 Å². The Morgan fingerprint density at radius 3 is 3.00 bits per heavy atom. The highest BCUT2D eigenvalue weighted by Crippen LogP contribution is 1.97. The van der Waals surface area contributed by atoms with Crippen LogP contribution in [0.25, 0.3) is 0 Å². The van der Waals surface area contributed by atoms with Gasteiger partial charge >= 0.3 is 0 Å². The van der Waals surface area contributed by atoms with E-state index in [2.05, 4.69) is 10.3 Å². The fraction of sp³-hybridized carbons (Fsp3) is 0.571. The molecule has 11 heavy (non-hydrogen) atoms. The summed E-state index contributed by atoms with van der Waals surface area (Å²) < 4.78 is 1.72. The van der Waals surface area contributed by atoms with Gasteiger partial charge in [0, 0.05) is 6.20 Å². The van der Waals surface area contributed by atoms with E-state index in [1.165, 1.54) is 0 Å². The molecule has 0 spiro atoms. The topological polar surface area (TPSA) is 47.2 Å². The van der Waals surface area contributed by atoms with Gasteiger partial charge in [-0.3, -0.25) is 4.68 Å². The number of hydrogen-bond acceptors (Lipinski definition) is 3. The van der Waals surface area contributed by atoms with Crippen molar-refractivity contribution >= 4 is 0 Å². The maximum atomic E-state index is 10.0. The number of aromatic nitrogens is 2. The standard InChI is InChI=1S/C7H11N3O/c1-6-3-8-10(4-6)5-7(2)9-11/h3-4,7H,5H2,1-2H3. The van der Waals surface area contributed by atoms with Gasteiger partial charge in [0.15, 0.2) is 0 Å². The van der Waals surface area contributed by atoms with Crippen molar-refractivity contribution in [3.05, 3.63) is 22.9 Å². The Morgan fingerprint density at radius 1 is 1.82 bits per heavy atom. The molecule has 0 aliphatic carbocycles. The highest BCUT2D eigenvalue weighted by atomic mass is 16.3. The van der Waals surface area contributed by atoms with Crippen LogP contribution in [-0.2, 0) is 6.54 Å². The van der Waals surface area contributed by atoms with Crippen LogP contribution in [0.3, 0.4) is 0 Å². The molecule has 0 saturated heterocycles. The summed E-state index contributed by atoms with van der Waals surface area (Å²) in [6.45, 7) is 4.30. The van der Waals surface area contributed by atoms with Crippen LogP contribution in [0.4, 0.5) is 0 Å². The molecular formula is C7H11N3O. The van der Waals surface area contributed by atoms with Crippen molar-refractivity contribution in [1.29, 1.82) is 0 Å². The molecule has 1 aromatic heterocycles. The van der Waals surface area contributed by atoms with Crippen LogP contribution >= 0.6 is 0 Å². The fourth-order valence-corrected chi connectivity index (χ4v) is 0.871. The summed E-state index contributed by atoms with van der Waals surface area (Å²) >= 11 is 0. The molecule has 0 bridgehead atoms. The number of aryl methyl sites for hydroxylation is 1. The lowest BCUT2D eigenvalue weighted by Crippen LogP contribution is -2.09. The molecule has 0 aromatic carbocycles. The van der Waals surface area contributed by atoms with Gasteiger partial charge in [0.25, 0.3) is 0 Å². The van der Waals surface area contributed by atoms with Crippen molar-refractivity contribution in [2.75, 3.05) is 0 Å². The van der Waals surface area contributed by atoms with E-state index in [0.717, 1.165) is 5.56 Å². The van der Waals surface area contributed by atoms with Crippen molar-refractivity contribution in [2.45, 2.75) is 26.4 Å². The molecule has 4 nitrogen and oxygen atoms in total. The van der Waals surface area contributed by atoms with E-state index in [1.807, 2.05) is 13.1 Å². The average Bonchev–Trinajstić information content (AvgIpc) is 2.35. The Labute approximate surface area is 65.2 Å². The van der Waals surface area contributed by atoms with Crippen LogP contribution in [0, 0.1) is 11.8 Å². The van der Waals surface area contributed by atoms with Crippen molar-refractivity contribution in [1.82, 2.24) is 9.78 Å². The third-order valence-corrected chi connectivity index (χ3v) is 1.39. The van der Waals surface area contributed by atoms with Crippen molar-refractivity contribution in [2.24, 2.45) is 5.18 Å². The van der Waals surface area contributed by atoms with Gasteiger partial charge in [0.05, 0.1) is 12.7 Å². The summed E-state index contributed by atoms with van der Waals surface area (Å²) in [6.07, 6.45) is 3.65. The first-order valence-electron chi connectivity index (χ1n) is 3.54. The van der Waals surface area contributed by atoms with Gasteiger partial charge in [0.1, 0.15) is 6.04 Å². The zero-order valence-electron chi connectivity index (χ0n) is 6.69.